The van der Waals surface area contributed by atoms with Crippen LogP contribution < -0.4 is 0 Å². The molecule has 2 aromatic carbocycles. The van der Waals surface area contributed by atoms with Crippen molar-refractivity contribution in [1.82, 2.24) is 9.80 Å². The summed E-state index contributed by atoms with van der Waals surface area (Å²) >= 11 is 5.93. The number of piperazine rings is 1. The average molecular weight is 385 g/mol. The molecule has 0 spiro atoms. The van der Waals surface area contributed by atoms with E-state index in [0.29, 0.717) is 33.7 Å². The maximum atomic E-state index is 13.0. The number of benzene rings is 2. The molecule has 1 N–H and O–H groups in total. The van der Waals surface area contributed by atoms with E-state index in [-0.39, 0.29) is 11.5 Å². The molecule has 5 nitrogen and oxygen atoms in total. The van der Waals surface area contributed by atoms with Gasteiger partial charge in [0.1, 0.15) is 17.6 Å². The van der Waals surface area contributed by atoms with E-state index in [0.717, 1.165) is 31.7 Å². The van der Waals surface area contributed by atoms with Crippen LogP contribution in [0.1, 0.15) is 21.5 Å². The Labute approximate surface area is 162 Å². The number of carbonyl (C=O) groups is 1. The Morgan fingerprint density at radius 3 is 2.52 bits per heavy atom. The molecule has 1 aliphatic heterocycles. The lowest BCUT2D eigenvalue weighted by atomic mass is 9.98. The van der Waals surface area contributed by atoms with Crippen molar-refractivity contribution in [2.24, 2.45) is 0 Å². The van der Waals surface area contributed by atoms with Gasteiger partial charge in [-0.05, 0) is 43.4 Å². The molecule has 0 atom stereocenters. The first-order valence-electron chi connectivity index (χ1n) is 8.96. The van der Waals surface area contributed by atoms with E-state index in [1.807, 2.05) is 0 Å². The molecule has 0 unspecified atom stereocenters. The molecule has 3 aromatic rings. The molecule has 27 heavy (non-hydrogen) atoms. The van der Waals surface area contributed by atoms with Crippen LogP contribution in [0.3, 0.4) is 0 Å². The van der Waals surface area contributed by atoms with Crippen LogP contribution in [-0.4, -0.2) is 53.9 Å². The number of carbonyl (C=O) groups excluding carboxylic acids is 1. The number of rotatable bonds is 4. The minimum absolute atomic E-state index is 0.143. The lowest BCUT2D eigenvalue weighted by Gasteiger charge is -2.32. The minimum Gasteiger partial charge on any atom is -0.508 e. The van der Waals surface area contributed by atoms with Gasteiger partial charge in [-0.25, -0.2) is 0 Å². The summed E-state index contributed by atoms with van der Waals surface area (Å²) < 4.78 is 5.63. The highest BCUT2D eigenvalue weighted by molar-refractivity contribution is 6.30. The van der Waals surface area contributed by atoms with Gasteiger partial charge in [0.25, 0.3) is 0 Å². The Morgan fingerprint density at radius 2 is 1.81 bits per heavy atom. The van der Waals surface area contributed by atoms with Crippen LogP contribution in [0.5, 0.6) is 5.75 Å². The van der Waals surface area contributed by atoms with Crippen LogP contribution in [-0.2, 0) is 6.54 Å². The zero-order valence-corrected chi connectivity index (χ0v) is 15.9. The van der Waals surface area contributed by atoms with Crippen molar-refractivity contribution in [3.05, 3.63) is 64.4 Å². The number of ketones is 1. The van der Waals surface area contributed by atoms with Crippen molar-refractivity contribution >= 4 is 28.4 Å². The van der Waals surface area contributed by atoms with Crippen LogP contribution in [0.4, 0.5) is 0 Å². The Morgan fingerprint density at radius 1 is 1.11 bits per heavy atom. The second kappa shape index (κ2) is 7.35. The monoisotopic (exact) mass is 384 g/mol. The van der Waals surface area contributed by atoms with Crippen molar-refractivity contribution in [2.45, 2.75) is 6.54 Å². The van der Waals surface area contributed by atoms with Gasteiger partial charge in [0.2, 0.25) is 0 Å². The molecule has 0 bridgehead atoms. The highest BCUT2D eigenvalue weighted by Crippen LogP contribution is 2.33. The number of hydrogen-bond acceptors (Lipinski definition) is 5. The van der Waals surface area contributed by atoms with Gasteiger partial charge in [0.15, 0.2) is 5.78 Å². The normalized spacial score (nSPS) is 16.1. The first-order valence-corrected chi connectivity index (χ1v) is 9.34. The minimum atomic E-state index is -0.143. The van der Waals surface area contributed by atoms with Crippen LogP contribution in [0.25, 0.3) is 11.0 Å². The fraction of sp³-hybridized carbons (Fsp3) is 0.286. The molecular formula is C21H21ClN2O3. The number of nitrogens with zero attached hydrogens (tertiary/aromatic N) is 2. The van der Waals surface area contributed by atoms with E-state index in [4.69, 9.17) is 16.0 Å². The topological polar surface area (TPSA) is 56.9 Å². The van der Waals surface area contributed by atoms with Gasteiger partial charge in [-0.1, -0.05) is 11.6 Å². The number of phenolic OH excluding ortho intramolecular Hbond substituents is 1. The third kappa shape index (κ3) is 3.58. The van der Waals surface area contributed by atoms with Gasteiger partial charge in [0.05, 0.1) is 5.56 Å². The molecule has 0 amide bonds. The number of halogens is 1. The number of aromatic hydroxyl groups is 1. The third-order valence-electron chi connectivity index (χ3n) is 5.15. The number of likely N-dealkylation sites (N-methyl/N-ethyl adjacent to an activating group) is 1. The average Bonchev–Trinajstić information content (AvgIpc) is 3.10. The molecule has 6 heteroatoms. The summed E-state index contributed by atoms with van der Waals surface area (Å²) in [7, 11) is 2.11. The fourth-order valence-electron chi connectivity index (χ4n) is 3.50. The molecule has 0 aliphatic carbocycles. The predicted molar refractivity (Wildman–Crippen MR) is 106 cm³/mol. The number of hydrogen-bond donors (Lipinski definition) is 1. The van der Waals surface area contributed by atoms with Crippen LogP contribution in [0.2, 0.25) is 5.02 Å². The lowest BCUT2D eigenvalue weighted by molar-refractivity contribution is 0.103. The summed E-state index contributed by atoms with van der Waals surface area (Å²) in [5, 5.41) is 11.8. The quantitative estimate of drug-likeness (QED) is 0.694. The molecule has 1 saturated heterocycles. The van der Waals surface area contributed by atoms with Gasteiger partial charge < -0.3 is 14.4 Å². The number of phenols is 1. The Kier molecular flexibility index (Phi) is 4.91. The van der Waals surface area contributed by atoms with Crippen molar-refractivity contribution in [2.75, 3.05) is 33.2 Å². The van der Waals surface area contributed by atoms with E-state index in [2.05, 4.69) is 16.8 Å². The lowest BCUT2D eigenvalue weighted by Crippen LogP contribution is -2.43. The predicted octanol–water partition coefficient (Wildman–Crippen LogP) is 3.77. The molecule has 4 rings (SSSR count). The number of fused-ring (bicyclic) bond motifs is 1. The molecule has 1 aromatic heterocycles. The highest BCUT2D eigenvalue weighted by Gasteiger charge is 2.23. The Bertz CT molecular complexity index is 973. The maximum absolute atomic E-state index is 13.0. The molecule has 2 heterocycles. The maximum Gasteiger partial charge on any atom is 0.196 e. The molecule has 1 aliphatic rings. The summed E-state index contributed by atoms with van der Waals surface area (Å²) in [5.41, 5.74) is 2.35. The smallest absolute Gasteiger partial charge is 0.196 e. The first kappa shape index (κ1) is 18.0. The fourth-order valence-corrected chi connectivity index (χ4v) is 3.63. The zero-order valence-electron chi connectivity index (χ0n) is 15.1. The van der Waals surface area contributed by atoms with E-state index >= 15 is 0 Å². The summed E-state index contributed by atoms with van der Waals surface area (Å²) in [6.45, 7) is 4.39. The summed E-state index contributed by atoms with van der Waals surface area (Å²) in [4.78, 5) is 17.6. The van der Waals surface area contributed by atoms with E-state index in [9.17, 15) is 9.90 Å². The second-order valence-electron chi connectivity index (χ2n) is 7.00. The molecule has 140 valence electrons. The van der Waals surface area contributed by atoms with Gasteiger partial charge in [0, 0.05) is 54.3 Å². The van der Waals surface area contributed by atoms with Crippen molar-refractivity contribution in [3.8, 4) is 5.75 Å². The largest absolute Gasteiger partial charge is 0.508 e. The van der Waals surface area contributed by atoms with Crippen LogP contribution in [0, 0.1) is 0 Å². The van der Waals surface area contributed by atoms with Crippen LogP contribution in [0.15, 0.2) is 47.1 Å². The van der Waals surface area contributed by atoms with Gasteiger partial charge in [-0.2, -0.15) is 0 Å². The summed E-state index contributed by atoms with van der Waals surface area (Å²) in [6, 6.07) is 10.1. The Balaban J connectivity index is 1.73. The van der Waals surface area contributed by atoms with E-state index in [1.54, 1.807) is 36.4 Å². The van der Waals surface area contributed by atoms with Gasteiger partial charge >= 0.3 is 0 Å². The van der Waals surface area contributed by atoms with Crippen molar-refractivity contribution in [1.29, 1.82) is 0 Å². The SMILES string of the molecule is CN1CCN(Cc2c(O)ccc3occ(C(=O)c4ccc(Cl)cc4)c23)CC1. The highest BCUT2D eigenvalue weighted by atomic mass is 35.5. The summed E-state index contributed by atoms with van der Waals surface area (Å²) in [5.74, 6) is 0.0450. The summed E-state index contributed by atoms with van der Waals surface area (Å²) in [6.07, 6.45) is 1.48. The molecule has 0 saturated carbocycles. The standard InChI is InChI=1S/C21H21ClN2O3/c1-23-8-10-24(11-9-23)12-16-18(25)6-7-19-20(16)17(13-27-19)21(26)14-2-4-15(22)5-3-14/h2-7,13,25H,8-12H2,1H3. The van der Waals surface area contributed by atoms with Crippen molar-refractivity contribution < 1.29 is 14.3 Å². The van der Waals surface area contributed by atoms with Gasteiger partial charge in [-0.3, -0.25) is 9.69 Å². The van der Waals surface area contributed by atoms with Gasteiger partial charge in [-0.15, -0.1) is 0 Å². The first-order chi connectivity index (χ1) is 13.0. The zero-order chi connectivity index (χ0) is 19.0. The molecule has 0 radical (unpaired) electrons. The van der Waals surface area contributed by atoms with E-state index < -0.39 is 0 Å². The second-order valence-corrected chi connectivity index (χ2v) is 7.44. The third-order valence-corrected chi connectivity index (χ3v) is 5.40. The van der Waals surface area contributed by atoms with Crippen LogP contribution >= 0.6 is 11.6 Å². The van der Waals surface area contributed by atoms with Crippen molar-refractivity contribution in [3.63, 3.8) is 0 Å². The molecular weight excluding hydrogens is 364 g/mol. The van der Waals surface area contributed by atoms with E-state index in [1.165, 1.54) is 6.26 Å². The number of furan rings is 1. The Hall–Kier alpha value is -2.34. The molecule has 1 fully saturated rings.